The predicted molar refractivity (Wildman–Crippen MR) is 72.1 cm³/mol. The summed E-state index contributed by atoms with van der Waals surface area (Å²) in [4.78, 5) is 13.1. The fourth-order valence-electron chi connectivity index (χ4n) is 1.50. The van der Waals surface area contributed by atoms with Crippen molar-refractivity contribution in [3.63, 3.8) is 0 Å². The molecule has 5 nitrogen and oxygen atoms in total. The molecule has 0 unspecified atom stereocenters. The first-order chi connectivity index (χ1) is 8.08. The fourth-order valence-corrected chi connectivity index (χ4v) is 1.50. The quantitative estimate of drug-likeness (QED) is 0.844. The first kappa shape index (κ1) is 16.5. The molecule has 1 rings (SSSR count). The zero-order valence-corrected chi connectivity index (χ0v) is 11.4. The van der Waals surface area contributed by atoms with Crippen molar-refractivity contribution in [1.29, 1.82) is 0 Å². The van der Waals surface area contributed by atoms with Gasteiger partial charge < -0.3 is 20.5 Å². The van der Waals surface area contributed by atoms with E-state index in [2.05, 4.69) is 0 Å². The molecule has 0 aliphatic heterocycles. The van der Waals surface area contributed by atoms with E-state index in [1.54, 1.807) is 30.1 Å². The van der Waals surface area contributed by atoms with Gasteiger partial charge in [0.05, 0.1) is 7.11 Å². The van der Waals surface area contributed by atoms with Crippen molar-refractivity contribution in [3.8, 4) is 11.5 Å². The minimum absolute atomic E-state index is 0. The zero-order chi connectivity index (χ0) is 12.8. The van der Waals surface area contributed by atoms with Gasteiger partial charge in [0.15, 0.2) is 11.5 Å². The Morgan fingerprint density at radius 3 is 2.72 bits per heavy atom. The van der Waals surface area contributed by atoms with Crippen molar-refractivity contribution < 1.29 is 14.6 Å². The number of hydrogen-bond donors (Lipinski definition) is 2. The Balaban J connectivity index is 0.00000289. The number of phenolic OH excluding ortho intramolecular Hbond substituents is 1. The highest BCUT2D eigenvalue weighted by Gasteiger charge is 2.09. The van der Waals surface area contributed by atoms with Gasteiger partial charge in [0.2, 0.25) is 5.91 Å². The van der Waals surface area contributed by atoms with Crippen molar-refractivity contribution in [2.75, 3.05) is 20.7 Å². The Kier molecular flexibility index (Phi) is 7.16. The standard InChI is InChI=1S/C12H18N2O3.ClH/c1-14(12(16)5-6-13)8-9-3-4-10(15)11(7-9)17-2;/h3-4,7,15H,5-6,8,13H2,1-2H3;1H. The van der Waals surface area contributed by atoms with Crippen LogP contribution >= 0.6 is 12.4 Å². The van der Waals surface area contributed by atoms with Crippen LogP contribution in [0.4, 0.5) is 0 Å². The summed E-state index contributed by atoms with van der Waals surface area (Å²) in [6, 6.07) is 5.01. The number of benzene rings is 1. The summed E-state index contributed by atoms with van der Waals surface area (Å²) >= 11 is 0. The van der Waals surface area contributed by atoms with Crippen LogP contribution < -0.4 is 10.5 Å². The van der Waals surface area contributed by atoms with Crippen LogP contribution in [-0.2, 0) is 11.3 Å². The second-order valence-electron chi connectivity index (χ2n) is 3.79. The minimum atomic E-state index is -0.000424. The third-order valence-corrected chi connectivity index (χ3v) is 2.45. The third-order valence-electron chi connectivity index (χ3n) is 2.45. The van der Waals surface area contributed by atoms with Crippen molar-refractivity contribution in [1.82, 2.24) is 4.90 Å². The molecule has 0 spiro atoms. The molecular formula is C12H19ClN2O3. The summed E-state index contributed by atoms with van der Waals surface area (Å²) in [5, 5.41) is 9.44. The van der Waals surface area contributed by atoms with Crippen LogP contribution in [0.3, 0.4) is 0 Å². The largest absolute Gasteiger partial charge is 0.504 e. The van der Waals surface area contributed by atoms with E-state index in [0.717, 1.165) is 5.56 Å². The molecule has 1 amide bonds. The van der Waals surface area contributed by atoms with Gasteiger partial charge >= 0.3 is 0 Å². The molecule has 0 aromatic heterocycles. The van der Waals surface area contributed by atoms with E-state index in [-0.39, 0.29) is 24.1 Å². The molecule has 6 heteroatoms. The number of phenols is 1. The highest BCUT2D eigenvalue weighted by Crippen LogP contribution is 2.26. The van der Waals surface area contributed by atoms with Crippen LogP contribution in [0.2, 0.25) is 0 Å². The maximum absolute atomic E-state index is 11.5. The van der Waals surface area contributed by atoms with Crippen molar-refractivity contribution in [2.24, 2.45) is 5.73 Å². The van der Waals surface area contributed by atoms with Crippen molar-refractivity contribution >= 4 is 18.3 Å². The van der Waals surface area contributed by atoms with E-state index in [1.807, 2.05) is 0 Å². The van der Waals surface area contributed by atoms with Crippen molar-refractivity contribution in [3.05, 3.63) is 23.8 Å². The van der Waals surface area contributed by atoms with Crippen LogP contribution in [0, 0.1) is 0 Å². The molecule has 0 aliphatic rings. The number of nitrogens with zero attached hydrogens (tertiary/aromatic N) is 1. The molecular weight excluding hydrogens is 256 g/mol. The lowest BCUT2D eigenvalue weighted by molar-refractivity contribution is -0.130. The van der Waals surface area contributed by atoms with Gasteiger partial charge in [-0.3, -0.25) is 4.79 Å². The van der Waals surface area contributed by atoms with Gasteiger partial charge in [-0.15, -0.1) is 12.4 Å². The van der Waals surface area contributed by atoms with Crippen molar-refractivity contribution in [2.45, 2.75) is 13.0 Å². The Morgan fingerprint density at radius 2 is 2.17 bits per heavy atom. The molecule has 0 saturated carbocycles. The molecule has 102 valence electrons. The third kappa shape index (κ3) is 4.43. The molecule has 0 heterocycles. The summed E-state index contributed by atoms with van der Waals surface area (Å²) in [6.07, 6.45) is 0.339. The molecule has 18 heavy (non-hydrogen) atoms. The van der Waals surface area contributed by atoms with Gasteiger partial charge in [-0.2, -0.15) is 0 Å². The van der Waals surface area contributed by atoms with Gasteiger partial charge in [-0.1, -0.05) is 6.07 Å². The molecule has 1 aromatic carbocycles. The summed E-state index contributed by atoms with van der Waals surface area (Å²) in [7, 11) is 3.21. The zero-order valence-electron chi connectivity index (χ0n) is 10.5. The Labute approximate surface area is 113 Å². The molecule has 3 N–H and O–H groups in total. The fraction of sp³-hybridized carbons (Fsp3) is 0.417. The average molecular weight is 275 g/mol. The Morgan fingerprint density at radius 1 is 1.50 bits per heavy atom. The second kappa shape index (κ2) is 7.79. The van der Waals surface area contributed by atoms with Crippen LogP contribution in [0.5, 0.6) is 11.5 Å². The summed E-state index contributed by atoms with van der Waals surface area (Å²) in [6.45, 7) is 0.817. The molecule has 0 radical (unpaired) electrons. The normalized spacial score (nSPS) is 9.50. The lowest BCUT2D eigenvalue weighted by Crippen LogP contribution is -2.27. The SMILES string of the molecule is COc1cc(CN(C)C(=O)CCN)ccc1O.Cl. The van der Waals surface area contributed by atoms with E-state index in [9.17, 15) is 9.90 Å². The van der Waals surface area contributed by atoms with Gasteiger partial charge in [0, 0.05) is 26.6 Å². The molecule has 1 aromatic rings. The lowest BCUT2D eigenvalue weighted by atomic mass is 10.2. The van der Waals surface area contributed by atoms with E-state index >= 15 is 0 Å². The number of rotatable bonds is 5. The van der Waals surface area contributed by atoms with Gasteiger partial charge in [-0.25, -0.2) is 0 Å². The van der Waals surface area contributed by atoms with Crippen LogP contribution in [0.15, 0.2) is 18.2 Å². The monoisotopic (exact) mass is 274 g/mol. The first-order valence-corrected chi connectivity index (χ1v) is 5.38. The van der Waals surface area contributed by atoms with E-state index in [1.165, 1.54) is 7.11 Å². The summed E-state index contributed by atoms with van der Waals surface area (Å²) in [5.41, 5.74) is 6.22. The summed E-state index contributed by atoms with van der Waals surface area (Å²) < 4.78 is 5.00. The highest BCUT2D eigenvalue weighted by molar-refractivity contribution is 5.85. The lowest BCUT2D eigenvalue weighted by Gasteiger charge is -2.17. The van der Waals surface area contributed by atoms with Crippen LogP contribution in [0.1, 0.15) is 12.0 Å². The van der Waals surface area contributed by atoms with Crippen LogP contribution in [-0.4, -0.2) is 36.6 Å². The number of hydrogen-bond acceptors (Lipinski definition) is 4. The number of amides is 1. The highest BCUT2D eigenvalue weighted by atomic mass is 35.5. The Bertz CT molecular complexity index is 399. The maximum Gasteiger partial charge on any atom is 0.223 e. The molecule has 0 fully saturated rings. The van der Waals surface area contributed by atoms with Crippen LogP contribution in [0.25, 0.3) is 0 Å². The van der Waals surface area contributed by atoms with E-state index in [4.69, 9.17) is 10.5 Å². The molecule has 0 bridgehead atoms. The smallest absolute Gasteiger partial charge is 0.223 e. The minimum Gasteiger partial charge on any atom is -0.504 e. The first-order valence-electron chi connectivity index (χ1n) is 5.38. The number of nitrogens with two attached hydrogens (primary N) is 1. The number of methoxy groups -OCH3 is 1. The number of carbonyl (C=O) groups is 1. The predicted octanol–water partition coefficient (Wildman–Crippen LogP) is 1.13. The Hall–Kier alpha value is -1.46. The van der Waals surface area contributed by atoms with E-state index < -0.39 is 0 Å². The number of aromatic hydroxyl groups is 1. The second-order valence-corrected chi connectivity index (χ2v) is 3.79. The molecule has 0 saturated heterocycles. The summed E-state index contributed by atoms with van der Waals surface area (Å²) in [5.74, 6) is 0.494. The van der Waals surface area contributed by atoms with Gasteiger partial charge in [-0.05, 0) is 17.7 Å². The number of carbonyl (C=O) groups excluding carboxylic acids is 1. The maximum atomic E-state index is 11.5. The average Bonchev–Trinajstić information content (AvgIpc) is 2.31. The number of halogens is 1. The van der Waals surface area contributed by atoms with Gasteiger partial charge in [0.1, 0.15) is 0 Å². The number of ether oxygens (including phenoxy) is 1. The van der Waals surface area contributed by atoms with E-state index in [0.29, 0.717) is 25.3 Å². The molecule has 0 aliphatic carbocycles. The van der Waals surface area contributed by atoms with Gasteiger partial charge in [0.25, 0.3) is 0 Å². The topological polar surface area (TPSA) is 75.8 Å². The molecule has 0 atom stereocenters.